The summed E-state index contributed by atoms with van der Waals surface area (Å²) in [7, 11) is 0. The van der Waals surface area contributed by atoms with Crippen LogP contribution in [0.3, 0.4) is 0 Å². The van der Waals surface area contributed by atoms with E-state index in [2.05, 4.69) is 5.32 Å². The maximum absolute atomic E-state index is 13.2. The normalized spacial score (nSPS) is 21.0. The van der Waals surface area contributed by atoms with E-state index in [0.717, 1.165) is 5.75 Å². The van der Waals surface area contributed by atoms with Crippen molar-refractivity contribution in [3.8, 4) is 0 Å². The van der Waals surface area contributed by atoms with Gasteiger partial charge in [-0.1, -0.05) is 25.1 Å². The number of likely N-dealkylation sites (tertiary alicyclic amines) is 1. The molecule has 2 aliphatic heterocycles. The van der Waals surface area contributed by atoms with Gasteiger partial charge in [0, 0.05) is 44.0 Å². The molecule has 9 heteroatoms. The summed E-state index contributed by atoms with van der Waals surface area (Å²) in [5, 5.41) is 15.0. The number of benzene rings is 1. The number of rotatable bonds is 7. The molecule has 0 radical (unpaired) electrons. The second-order valence-electron chi connectivity index (χ2n) is 7.55. The lowest BCUT2D eigenvalue weighted by molar-refractivity contribution is -0.385. The summed E-state index contributed by atoms with van der Waals surface area (Å²) >= 11 is 1.69. The molecule has 2 amide bonds. The Morgan fingerprint density at radius 2 is 2.03 bits per heavy atom. The first-order chi connectivity index (χ1) is 13.9. The zero-order chi connectivity index (χ0) is 21.0. The molecule has 0 bridgehead atoms. The Morgan fingerprint density at radius 3 is 2.66 bits per heavy atom. The van der Waals surface area contributed by atoms with E-state index in [1.165, 1.54) is 6.07 Å². The summed E-state index contributed by atoms with van der Waals surface area (Å²) in [6, 6.07) is 6.29. The van der Waals surface area contributed by atoms with Crippen LogP contribution in [0.4, 0.5) is 5.69 Å². The van der Waals surface area contributed by atoms with Gasteiger partial charge in [-0.2, -0.15) is 11.8 Å². The molecule has 2 fully saturated rings. The lowest BCUT2D eigenvalue weighted by atomic mass is 9.95. The minimum Gasteiger partial charge on any atom is -0.342 e. The molecule has 1 unspecified atom stereocenters. The Morgan fingerprint density at radius 1 is 1.34 bits per heavy atom. The van der Waals surface area contributed by atoms with Crippen LogP contribution >= 0.6 is 11.8 Å². The fourth-order valence-corrected chi connectivity index (χ4v) is 4.75. The smallest absolute Gasteiger partial charge is 0.274 e. The van der Waals surface area contributed by atoms with Crippen molar-refractivity contribution in [1.29, 1.82) is 0 Å². The highest BCUT2D eigenvalue weighted by molar-refractivity contribution is 7.98. The van der Waals surface area contributed by atoms with Crippen LogP contribution in [0.25, 0.3) is 0 Å². The molecule has 0 aromatic heterocycles. The Labute approximate surface area is 175 Å². The van der Waals surface area contributed by atoms with E-state index in [9.17, 15) is 19.7 Å². The molecule has 1 aromatic rings. The van der Waals surface area contributed by atoms with Crippen LogP contribution in [0.1, 0.15) is 38.2 Å². The molecule has 1 atom stereocenters. The van der Waals surface area contributed by atoms with Crippen molar-refractivity contribution >= 4 is 29.3 Å². The highest BCUT2D eigenvalue weighted by Gasteiger charge is 2.51. The molecule has 2 saturated heterocycles. The molecule has 158 valence electrons. The zero-order valence-corrected chi connectivity index (χ0v) is 17.7. The number of para-hydroxylation sites is 1. The van der Waals surface area contributed by atoms with Crippen LogP contribution in [0.2, 0.25) is 0 Å². The fraction of sp³-hybridized carbons (Fsp3) is 0.600. The van der Waals surface area contributed by atoms with Crippen LogP contribution in [-0.2, 0) is 16.1 Å². The van der Waals surface area contributed by atoms with Gasteiger partial charge < -0.3 is 9.80 Å². The standard InChI is InChI=1S/C20H28N4O4S/c1-3-18(25)22-11-9-20(10-12-22)21-16(8-13-29-2)19(26)23(20)14-15-6-4-5-7-17(15)24(27)28/h4-7,16,21H,3,8-14H2,1-2H3. The van der Waals surface area contributed by atoms with E-state index in [1.54, 1.807) is 34.9 Å². The maximum Gasteiger partial charge on any atom is 0.274 e. The fourth-order valence-electron chi connectivity index (χ4n) is 4.28. The molecule has 0 aliphatic carbocycles. The Balaban J connectivity index is 1.86. The monoisotopic (exact) mass is 420 g/mol. The van der Waals surface area contributed by atoms with Gasteiger partial charge in [-0.15, -0.1) is 0 Å². The lowest BCUT2D eigenvalue weighted by Gasteiger charge is -2.44. The summed E-state index contributed by atoms with van der Waals surface area (Å²) in [6.07, 6.45) is 4.44. The number of carbonyl (C=O) groups is 2. The molecule has 0 saturated carbocycles. The highest BCUT2D eigenvalue weighted by atomic mass is 32.2. The Kier molecular flexibility index (Phi) is 6.79. The third-order valence-corrected chi connectivity index (χ3v) is 6.54. The predicted octanol–water partition coefficient (Wildman–Crippen LogP) is 2.38. The molecule has 29 heavy (non-hydrogen) atoms. The van der Waals surface area contributed by atoms with Crippen molar-refractivity contribution in [3.63, 3.8) is 0 Å². The van der Waals surface area contributed by atoms with E-state index in [4.69, 9.17) is 0 Å². The number of nitrogens with one attached hydrogen (secondary N) is 1. The summed E-state index contributed by atoms with van der Waals surface area (Å²) in [5.41, 5.74) is 0.000190. The van der Waals surface area contributed by atoms with Gasteiger partial charge in [0.15, 0.2) is 0 Å². The SMILES string of the molecule is CCC(=O)N1CCC2(CC1)NC(CCSC)C(=O)N2Cc1ccccc1[N+](=O)[O-]. The maximum atomic E-state index is 13.2. The van der Waals surface area contributed by atoms with Crippen molar-refractivity contribution in [2.75, 3.05) is 25.1 Å². The number of nitro benzene ring substituents is 1. The highest BCUT2D eigenvalue weighted by Crippen LogP contribution is 2.36. The Hall–Kier alpha value is -2.13. The third-order valence-electron chi connectivity index (χ3n) is 5.90. The van der Waals surface area contributed by atoms with Gasteiger partial charge in [-0.05, 0) is 18.4 Å². The first kappa shape index (κ1) is 21.6. The van der Waals surface area contributed by atoms with Crippen molar-refractivity contribution in [1.82, 2.24) is 15.1 Å². The van der Waals surface area contributed by atoms with Crippen molar-refractivity contribution in [2.24, 2.45) is 0 Å². The first-order valence-corrected chi connectivity index (χ1v) is 11.4. The number of nitrogens with zero attached hydrogens (tertiary/aromatic N) is 3. The van der Waals surface area contributed by atoms with Crippen LogP contribution in [0.5, 0.6) is 0 Å². The number of thioether (sulfide) groups is 1. The molecule has 1 aromatic carbocycles. The second-order valence-corrected chi connectivity index (χ2v) is 8.54. The summed E-state index contributed by atoms with van der Waals surface area (Å²) in [5.74, 6) is 0.972. The molecule has 1 spiro atoms. The Bertz CT molecular complexity index is 779. The van der Waals surface area contributed by atoms with E-state index in [1.807, 2.05) is 18.1 Å². The van der Waals surface area contributed by atoms with E-state index < -0.39 is 10.6 Å². The number of hydrogen-bond acceptors (Lipinski definition) is 6. The van der Waals surface area contributed by atoms with Gasteiger partial charge in [-0.3, -0.25) is 25.0 Å². The summed E-state index contributed by atoms with van der Waals surface area (Å²) in [4.78, 5) is 40.0. The van der Waals surface area contributed by atoms with Crippen LogP contribution in [-0.4, -0.2) is 63.3 Å². The van der Waals surface area contributed by atoms with Crippen LogP contribution < -0.4 is 5.32 Å². The third kappa shape index (κ3) is 4.40. The number of piperidine rings is 1. The average molecular weight is 421 g/mol. The summed E-state index contributed by atoms with van der Waals surface area (Å²) < 4.78 is 0. The van der Waals surface area contributed by atoms with E-state index in [-0.39, 0.29) is 30.1 Å². The largest absolute Gasteiger partial charge is 0.342 e. The quantitative estimate of drug-likeness (QED) is 0.537. The van der Waals surface area contributed by atoms with Gasteiger partial charge in [0.1, 0.15) is 0 Å². The minimum absolute atomic E-state index is 0.00697. The van der Waals surface area contributed by atoms with Gasteiger partial charge in [0.2, 0.25) is 11.8 Å². The minimum atomic E-state index is -0.561. The van der Waals surface area contributed by atoms with Crippen LogP contribution in [0.15, 0.2) is 24.3 Å². The van der Waals surface area contributed by atoms with Gasteiger partial charge in [0.05, 0.1) is 23.2 Å². The van der Waals surface area contributed by atoms with Crippen LogP contribution in [0, 0.1) is 10.1 Å². The molecule has 2 aliphatic rings. The number of amides is 2. The number of carbonyl (C=O) groups excluding carboxylic acids is 2. The summed E-state index contributed by atoms with van der Waals surface area (Å²) in [6.45, 7) is 3.20. The van der Waals surface area contributed by atoms with Crippen molar-refractivity contribution in [2.45, 2.75) is 50.9 Å². The van der Waals surface area contributed by atoms with E-state index in [0.29, 0.717) is 44.3 Å². The van der Waals surface area contributed by atoms with Crippen molar-refractivity contribution in [3.05, 3.63) is 39.9 Å². The van der Waals surface area contributed by atoms with Gasteiger partial charge in [-0.25, -0.2) is 0 Å². The molecule has 2 heterocycles. The lowest BCUT2D eigenvalue weighted by Crippen LogP contribution is -2.59. The topological polar surface area (TPSA) is 95.8 Å². The van der Waals surface area contributed by atoms with Crippen molar-refractivity contribution < 1.29 is 14.5 Å². The predicted molar refractivity (Wildman–Crippen MR) is 112 cm³/mol. The molecule has 8 nitrogen and oxygen atoms in total. The number of hydrogen-bond donors (Lipinski definition) is 1. The molecule has 1 N–H and O–H groups in total. The van der Waals surface area contributed by atoms with Gasteiger partial charge >= 0.3 is 0 Å². The zero-order valence-electron chi connectivity index (χ0n) is 16.9. The van der Waals surface area contributed by atoms with Gasteiger partial charge in [0.25, 0.3) is 5.69 Å². The molecule has 3 rings (SSSR count). The van der Waals surface area contributed by atoms with E-state index >= 15 is 0 Å². The first-order valence-electron chi connectivity index (χ1n) is 10.00. The molecular formula is C20H28N4O4S. The second kappa shape index (κ2) is 9.13. The number of nitro groups is 1. The molecular weight excluding hydrogens is 392 g/mol. The average Bonchev–Trinajstić information content (AvgIpc) is 2.98.